The number of rotatable bonds is 7. The highest BCUT2D eigenvalue weighted by Crippen LogP contribution is 2.02. The molecule has 0 saturated heterocycles. The number of hydrogen-bond acceptors (Lipinski definition) is 3. The molecule has 1 aromatic rings. The summed E-state index contributed by atoms with van der Waals surface area (Å²) in [6, 6.07) is 0. The number of imidazole rings is 1. The molecule has 0 radical (unpaired) electrons. The van der Waals surface area contributed by atoms with Crippen LogP contribution in [0.15, 0.2) is 12.5 Å². The van der Waals surface area contributed by atoms with E-state index < -0.39 is 0 Å². The van der Waals surface area contributed by atoms with Crippen molar-refractivity contribution >= 4 is 0 Å². The predicted molar refractivity (Wildman–Crippen MR) is 65.2 cm³/mol. The topological polar surface area (TPSA) is 39.1 Å². The fraction of sp³-hybridized carbons (Fsp3) is 0.750. The molecule has 1 unspecified atom stereocenters. The molecule has 0 aliphatic carbocycles. The molecule has 1 aromatic heterocycles. The van der Waals surface area contributed by atoms with Crippen LogP contribution in [0.3, 0.4) is 0 Å². The Kier molecular flexibility index (Phi) is 5.49. The third kappa shape index (κ3) is 4.33. The monoisotopic (exact) mass is 225 g/mol. The number of methoxy groups -OCH3 is 1. The van der Waals surface area contributed by atoms with Crippen molar-refractivity contribution in [1.29, 1.82) is 0 Å². The Morgan fingerprint density at radius 1 is 1.44 bits per heavy atom. The van der Waals surface area contributed by atoms with E-state index in [1.165, 1.54) is 5.69 Å². The van der Waals surface area contributed by atoms with Crippen LogP contribution < -0.4 is 5.32 Å². The SMILES string of the molecule is COC(C)Cn1cncc1CNCC(C)C. The quantitative estimate of drug-likeness (QED) is 0.767. The lowest BCUT2D eigenvalue weighted by atomic mass is 10.2. The van der Waals surface area contributed by atoms with E-state index in [0.29, 0.717) is 5.92 Å². The van der Waals surface area contributed by atoms with E-state index in [2.05, 4.69) is 35.6 Å². The number of nitrogens with zero attached hydrogens (tertiary/aromatic N) is 2. The molecule has 0 bridgehead atoms. The van der Waals surface area contributed by atoms with Gasteiger partial charge in [-0.2, -0.15) is 0 Å². The summed E-state index contributed by atoms with van der Waals surface area (Å²) in [4.78, 5) is 4.17. The van der Waals surface area contributed by atoms with Crippen LogP contribution in [-0.2, 0) is 17.8 Å². The third-order valence-corrected chi connectivity index (χ3v) is 2.51. The zero-order valence-electron chi connectivity index (χ0n) is 10.7. The minimum absolute atomic E-state index is 0.220. The zero-order valence-corrected chi connectivity index (χ0v) is 10.7. The van der Waals surface area contributed by atoms with Crippen molar-refractivity contribution in [1.82, 2.24) is 14.9 Å². The first-order valence-corrected chi connectivity index (χ1v) is 5.86. The van der Waals surface area contributed by atoms with Crippen LogP contribution in [-0.4, -0.2) is 29.3 Å². The van der Waals surface area contributed by atoms with Crippen LogP contribution >= 0.6 is 0 Å². The highest BCUT2D eigenvalue weighted by Gasteiger charge is 2.06. The summed E-state index contributed by atoms with van der Waals surface area (Å²) < 4.78 is 7.39. The Bertz CT molecular complexity index is 296. The van der Waals surface area contributed by atoms with E-state index in [1.54, 1.807) is 7.11 Å². The minimum atomic E-state index is 0.220. The molecule has 1 rings (SSSR count). The Morgan fingerprint density at radius 2 is 2.19 bits per heavy atom. The molecule has 0 amide bonds. The molecule has 1 N–H and O–H groups in total. The van der Waals surface area contributed by atoms with Gasteiger partial charge in [-0.25, -0.2) is 4.98 Å². The van der Waals surface area contributed by atoms with E-state index in [4.69, 9.17) is 4.74 Å². The van der Waals surface area contributed by atoms with Crippen LogP contribution in [0.25, 0.3) is 0 Å². The van der Waals surface area contributed by atoms with Gasteiger partial charge in [0.15, 0.2) is 0 Å². The molecule has 0 saturated carbocycles. The summed E-state index contributed by atoms with van der Waals surface area (Å²) in [7, 11) is 1.73. The summed E-state index contributed by atoms with van der Waals surface area (Å²) in [6.45, 7) is 9.23. The van der Waals surface area contributed by atoms with Crippen LogP contribution in [0, 0.1) is 5.92 Å². The zero-order chi connectivity index (χ0) is 12.0. The Hall–Kier alpha value is -0.870. The van der Waals surface area contributed by atoms with Gasteiger partial charge in [-0.3, -0.25) is 0 Å². The third-order valence-electron chi connectivity index (χ3n) is 2.51. The average Bonchev–Trinajstić information content (AvgIpc) is 2.65. The first-order valence-electron chi connectivity index (χ1n) is 5.86. The normalized spacial score (nSPS) is 13.3. The van der Waals surface area contributed by atoms with Crippen molar-refractivity contribution in [3.8, 4) is 0 Å². The van der Waals surface area contributed by atoms with Gasteiger partial charge in [0.1, 0.15) is 0 Å². The lowest BCUT2D eigenvalue weighted by molar-refractivity contribution is 0.102. The average molecular weight is 225 g/mol. The van der Waals surface area contributed by atoms with Crippen molar-refractivity contribution in [3.63, 3.8) is 0 Å². The van der Waals surface area contributed by atoms with Gasteiger partial charge in [-0.1, -0.05) is 13.8 Å². The van der Waals surface area contributed by atoms with Gasteiger partial charge in [-0.15, -0.1) is 0 Å². The molecule has 1 heterocycles. The molecule has 4 heteroatoms. The van der Waals surface area contributed by atoms with Gasteiger partial charge < -0.3 is 14.6 Å². The van der Waals surface area contributed by atoms with Crippen molar-refractivity contribution < 1.29 is 4.74 Å². The van der Waals surface area contributed by atoms with Gasteiger partial charge >= 0.3 is 0 Å². The first kappa shape index (κ1) is 13.2. The highest BCUT2D eigenvalue weighted by atomic mass is 16.5. The van der Waals surface area contributed by atoms with E-state index in [1.807, 2.05) is 12.5 Å². The minimum Gasteiger partial charge on any atom is -0.380 e. The fourth-order valence-electron chi connectivity index (χ4n) is 1.50. The van der Waals surface area contributed by atoms with Crippen molar-refractivity contribution in [3.05, 3.63) is 18.2 Å². The molecule has 92 valence electrons. The summed E-state index contributed by atoms with van der Waals surface area (Å²) >= 11 is 0. The predicted octanol–water partition coefficient (Wildman–Crippen LogP) is 1.66. The second-order valence-corrected chi connectivity index (χ2v) is 4.61. The Balaban J connectivity index is 2.44. The van der Waals surface area contributed by atoms with Crippen LogP contribution in [0.5, 0.6) is 0 Å². The number of nitrogens with one attached hydrogen (secondary N) is 1. The van der Waals surface area contributed by atoms with Gasteiger partial charge in [-0.05, 0) is 19.4 Å². The molecule has 0 aliphatic rings. The summed E-state index contributed by atoms with van der Waals surface area (Å²) in [6.07, 6.45) is 4.00. The smallest absolute Gasteiger partial charge is 0.0949 e. The van der Waals surface area contributed by atoms with Gasteiger partial charge in [0, 0.05) is 26.4 Å². The molecular weight excluding hydrogens is 202 g/mol. The molecule has 0 aliphatic heterocycles. The number of ether oxygens (including phenoxy) is 1. The van der Waals surface area contributed by atoms with Crippen LogP contribution in [0.2, 0.25) is 0 Å². The molecule has 1 atom stereocenters. The summed E-state index contributed by atoms with van der Waals surface area (Å²) in [5.41, 5.74) is 1.21. The van der Waals surface area contributed by atoms with E-state index >= 15 is 0 Å². The number of hydrogen-bond donors (Lipinski definition) is 1. The lowest BCUT2D eigenvalue weighted by Gasteiger charge is -2.14. The van der Waals surface area contributed by atoms with E-state index in [0.717, 1.165) is 19.6 Å². The maximum Gasteiger partial charge on any atom is 0.0949 e. The fourth-order valence-corrected chi connectivity index (χ4v) is 1.50. The lowest BCUT2D eigenvalue weighted by Crippen LogP contribution is -2.22. The van der Waals surface area contributed by atoms with Crippen LogP contribution in [0.4, 0.5) is 0 Å². The van der Waals surface area contributed by atoms with Crippen molar-refractivity contribution in [2.24, 2.45) is 5.92 Å². The molecular formula is C12H23N3O. The second kappa shape index (κ2) is 6.66. The Labute approximate surface area is 98.0 Å². The molecule has 0 fully saturated rings. The standard InChI is InChI=1S/C12H23N3O/c1-10(2)5-13-6-12-7-14-9-15(12)8-11(3)16-4/h7,9-11,13H,5-6,8H2,1-4H3. The number of aromatic nitrogens is 2. The van der Waals surface area contributed by atoms with E-state index in [9.17, 15) is 0 Å². The maximum absolute atomic E-state index is 5.25. The summed E-state index contributed by atoms with van der Waals surface area (Å²) in [5.74, 6) is 0.675. The molecule has 16 heavy (non-hydrogen) atoms. The van der Waals surface area contributed by atoms with Crippen molar-refractivity contribution in [2.45, 2.75) is 40.0 Å². The molecule has 0 spiro atoms. The molecule has 4 nitrogen and oxygen atoms in total. The second-order valence-electron chi connectivity index (χ2n) is 4.61. The highest BCUT2D eigenvalue weighted by molar-refractivity contribution is 4.98. The van der Waals surface area contributed by atoms with Crippen LogP contribution in [0.1, 0.15) is 26.5 Å². The van der Waals surface area contributed by atoms with E-state index in [-0.39, 0.29) is 6.10 Å². The largest absolute Gasteiger partial charge is 0.380 e. The van der Waals surface area contributed by atoms with Gasteiger partial charge in [0.25, 0.3) is 0 Å². The first-order chi connectivity index (χ1) is 7.63. The molecule has 0 aromatic carbocycles. The van der Waals surface area contributed by atoms with Gasteiger partial charge in [0.05, 0.1) is 18.1 Å². The summed E-state index contributed by atoms with van der Waals surface area (Å²) in [5, 5.41) is 3.42. The van der Waals surface area contributed by atoms with Crippen molar-refractivity contribution in [2.75, 3.05) is 13.7 Å². The van der Waals surface area contributed by atoms with Gasteiger partial charge in [0.2, 0.25) is 0 Å². The maximum atomic E-state index is 5.25. The Morgan fingerprint density at radius 3 is 2.81 bits per heavy atom.